The second-order valence-electron chi connectivity index (χ2n) is 4.65. The first-order valence-electron chi connectivity index (χ1n) is 5.77. The average Bonchev–Trinajstić information content (AvgIpc) is 2.97. The van der Waals surface area contributed by atoms with Crippen LogP contribution in [0.5, 0.6) is 0 Å². The summed E-state index contributed by atoms with van der Waals surface area (Å²) in [5, 5.41) is 0. The molecule has 1 aliphatic carbocycles. The second kappa shape index (κ2) is 4.33. The highest BCUT2D eigenvalue weighted by atomic mass is 15.1. The van der Waals surface area contributed by atoms with Crippen molar-refractivity contribution in [1.29, 1.82) is 0 Å². The lowest BCUT2D eigenvalue weighted by atomic mass is 10.2. The minimum absolute atomic E-state index is 0.130. The molecular weight excluding hydrogens is 184 g/mol. The van der Waals surface area contributed by atoms with E-state index in [1.54, 1.807) is 0 Å². The second-order valence-corrected chi connectivity index (χ2v) is 4.65. The Bertz CT molecular complexity index is 304. The van der Waals surface area contributed by atoms with Gasteiger partial charge in [-0.1, -0.05) is 37.3 Å². The van der Waals surface area contributed by atoms with E-state index in [2.05, 4.69) is 42.2 Å². The summed E-state index contributed by atoms with van der Waals surface area (Å²) in [5.41, 5.74) is 7.64. The van der Waals surface area contributed by atoms with Crippen LogP contribution in [0, 0.1) is 0 Å². The van der Waals surface area contributed by atoms with Gasteiger partial charge in [-0.25, -0.2) is 0 Å². The Hall–Kier alpha value is -0.860. The first kappa shape index (κ1) is 10.7. The molecule has 2 N–H and O–H groups in total. The minimum atomic E-state index is 0.130. The zero-order valence-electron chi connectivity index (χ0n) is 9.45. The van der Waals surface area contributed by atoms with E-state index < -0.39 is 0 Å². The van der Waals surface area contributed by atoms with Crippen LogP contribution in [0.4, 0.5) is 0 Å². The molecule has 0 aromatic heterocycles. The number of hydrogen-bond donors (Lipinski definition) is 1. The molecule has 0 aliphatic heterocycles. The number of nitrogens with zero attached hydrogens (tertiary/aromatic N) is 1. The highest BCUT2D eigenvalue weighted by Crippen LogP contribution is 2.33. The molecule has 1 aromatic carbocycles. The summed E-state index contributed by atoms with van der Waals surface area (Å²) in [6.07, 6.45) is 2.39. The van der Waals surface area contributed by atoms with Gasteiger partial charge in [0.25, 0.3) is 0 Å². The van der Waals surface area contributed by atoms with Crippen LogP contribution in [-0.2, 0) is 6.54 Å². The zero-order chi connectivity index (χ0) is 10.7. The topological polar surface area (TPSA) is 29.3 Å². The van der Waals surface area contributed by atoms with Crippen LogP contribution in [0.3, 0.4) is 0 Å². The quantitative estimate of drug-likeness (QED) is 0.795. The average molecular weight is 204 g/mol. The Balaban J connectivity index is 1.90. The van der Waals surface area contributed by atoms with Gasteiger partial charge in [0.05, 0.1) is 0 Å². The van der Waals surface area contributed by atoms with Crippen LogP contribution in [0.25, 0.3) is 0 Å². The number of benzene rings is 1. The summed E-state index contributed by atoms with van der Waals surface area (Å²) in [4.78, 5) is 2.43. The summed E-state index contributed by atoms with van der Waals surface area (Å²) in [6.45, 7) is 5.34. The lowest BCUT2D eigenvalue weighted by molar-refractivity contribution is 0.254. The number of rotatable bonds is 5. The predicted octanol–water partition coefficient (Wildman–Crippen LogP) is 2.00. The predicted molar refractivity (Wildman–Crippen MR) is 63.5 cm³/mol. The maximum absolute atomic E-state index is 6.14. The summed E-state index contributed by atoms with van der Waals surface area (Å²) in [7, 11) is 0. The van der Waals surface area contributed by atoms with Crippen molar-refractivity contribution in [2.75, 3.05) is 13.1 Å². The van der Waals surface area contributed by atoms with Gasteiger partial charge < -0.3 is 5.73 Å². The van der Waals surface area contributed by atoms with Crippen molar-refractivity contribution in [2.45, 2.75) is 31.8 Å². The van der Waals surface area contributed by atoms with Crippen LogP contribution < -0.4 is 5.73 Å². The van der Waals surface area contributed by atoms with Crippen LogP contribution >= 0.6 is 0 Å². The van der Waals surface area contributed by atoms with Gasteiger partial charge in [0.1, 0.15) is 0 Å². The summed E-state index contributed by atoms with van der Waals surface area (Å²) in [6, 6.07) is 10.6. The first-order valence-corrected chi connectivity index (χ1v) is 5.77. The summed E-state index contributed by atoms with van der Waals surface area (Å²) >= 11 is 0. The number of nitrogens with two attached hydrogens (primary N) is 1. The van der Waals surface area contributed by atoms with Crippen molar-refractivity contribution in [3.05, 3.63) is 35.9 Å². The van der Waals surface area contributed by atoms with E-state index in [1.807, 2.05) is 0 Å². The van der Waals surface area contributed by atoms with Gasteiger partial charge in [-0.2, -0.15) is 0 Å². The van der Waals surface area contributed by atoms with Gasteiger partial charge in [-0.15, -0.1) is 0 Å². The molecule has 0 saturated heterocycles. The zero-order valence-corrected chi connectivity index (χ0v) is 9.45. The Morgan fingerprint density at radius 1 is 1.27 bits per heavy atom. The molecule has 2 nitrogen and oxygen atoms in total. The van der Waals surface area contributed by atoms with Crippen LogP contribution in [0.15, 0.2) is 30.3 Å². The Labute approximate surface area is 92.1 Å². The molecule has 0 radical (unpaired) electrons. The molecule has 1 saturated carbocycles. The Kier molecular flexibility index (Phi) is 3.08. The molecule has 1 aliphatic rings. The minimum Gasteiger partial charge on any atom is -0.324 e. The van der Waals surface area contributed by atoms with Crippen molar-refractivity contribution in [3.63, 3.8) is 0 Å². The molecule has 0 unspecified atom stereocenters. The normalized spacial score (nSPS) is 18.1. The molecule has 1 fully saturated rings. The highest BCUT2D eigenvalue weighted by Gasteiger charge is 2.39. The molecule has 82 valence electrons. The molecule has 0 amide bonds. The van der Waals surface area contributed by atoms with Crippen molar-refractivity contribution in [3.8, 4) is 0 Å². The molecule has 0 heterocycles. The van der Waals surface area contributed by atoms with Gasteiger partial charge in [-0.3, -0.25) is 4.90 Å². The molecule has 2 rings (SSSR count). The summed E-state index contributed by atoms with van der Waals surface area (Å²) in [5.74, 6) is 0. The third kappa shape index (κ3) is 3.05. The fraction of sp³-hybridized carbons (Fsp3) is 0.538. The van der Waals surface area contributed by atoms with E-state index in [0.717, 1.165) is 19.6 Å². The van der Waals surface area contributed by atoms with Crippen molar-refractivity contribution < 1.29 is 0 Å². The molecule has 0 bridgehead atoms. The van der Waals surface area contributed by atoms with E-state index in [0.29, 0.717) is 0 Å². The fourth-order valence-corrected chi connectivity index (χ4v) is 1.89. The fourth-order valence-electron chi connectivity index (χ4n) is 1.89. The molecule has 15 heavy (non-hydrogen) atoms. The molecular formula is C13H20N2. The van der Waals surface area contributed by atoms with E-state index in [9.17, 15) is 0 Å². The molecule has 0 spiro atoms. The molecule has 2 heteroatoms. The van der Waals surface area contributed by atoms with Gasteiger partial charge in [0, 0.05) is 18.6 Å². The molecule has 0 atom stereocenters. The van der Waals surface area contributed by atoms with E-state index in [1.165, 1.54) is 18.4 Å². The lowest BCUT2D eigenvalue weighted by Gasteiger charge is -2.23. The Morgan fingerprint density at radius 2 is 1.93 bits per heavy atom. The number of likely N-dealkylation sites (N-methyl/N-ethyl adjacent to an activating group) is 1. The van der Waals surface area contributed by atoms with Crippen LogP contribution in [0.2, 0.25) is 0 Å². The SMILES string of the molecule is CCN(Cc1ccccc1)CC1(N)CC1. The third-order valence-electron chi connectivity index (χ3n) is 3.13. The van der Waals surface area contributed by atoms with E-state index in [-0.39, 0.29) is 5.54 Å². The maximum Gasteiger partial charge on any atom is 0.0284 e. The van der Waals surface area contributed by atoms with Gasteiger partial charge in [0.15, 0.2) is 0 Å². The van der Waals surface area contributed by atoms with Crippen LogP contribution in [0.1, 0.15) is 25.3 Å². The van der Waals surface area contributed by atoms with E-state index >= 15 is 0 Å². The monoisotopic (exact) mass is 204 g/mol. The maximum atomic E-state index is 6.14. The van der Waals surface area contributed by atoms with Crippen molar-refractivity contribution in [1.82, 2.24) is 4.90 Å². The first-order chi connectivity index (χ1) is 7.22. The lowest BCUT2D eigenvalue weighted by Crippen LogP contribution is -2.38. The Morgan fingerprint density at radius 3 is 2.47 bits per heavy atom. The largest absolute Gasteiger partial charge is 0.324 e. The highest BCUT2D eigenvalue weighted by molar-refractivity contribution is 5.14. The standard InChI is InChI=1S/C13H20N2/c1-2-15(11-13(14)8-9-13)10-12-6-4-3-5-7-12/h3-7H,2,8-11,14H2,1H3. The number of hydrogen-bond acceptors (Lipinski definition) is 2. The van der Waals surface area contributed by atoms with Crippen molar-refractivity contribution in [2.24, 2.45) is 5.73 Å². The smallest absolute Gasteiger partial charge is 0.0284 e. The van der Waals surface area contributed by atoms with Crippen LogP contribution in [-0.4, -0.2) is 23.5 Å². The van der Waals surface area contributed by atoms with Gasteiger partial charge in [0.2, 0.25) is 0 Å². The van der Waals surface area contributed by atoms with Gasteiger partial charge >= 0.3 is 0 Å². The van der Waals surface area contributed by atoms with Gasteiger partial charge in [-0.05, 0) is 24.9 Å². The summed E-state index contributed by atoms with van der Waals surface area (Å²) < 4.78 is 0. The van der Waals surface area contributed by atoms with E-state index in [4.69, 9.17) is 5.73 Å². The van der Waals surface area contributed by atoms with Crippen molar-refractivity contribution >= 4 is 0 Å². The third-order valence-corrected chi connectivity index (χ3v) is 3.13. The molecule has 1 aromatic rings.